The van der Waals surface area contributed by atoms with E-state index in [1.807, 2.05) is 0 Å². The molecule has 1 atom stereocenters. The van der Waals surface area contributed by atoms with E-state index in [9.17, 15) is 0 Å². The molecule has 1 aliphatic heterocycles. The van der Waals surface area contributed by atoms with Gasteiger partial charge in [0.05, 0.1) is 0 Å². The molecule has 1 N–H and O–H groups in total. The summed E-state index contributed by atoms with van der Waals surface area (Å²) in [5.41, 5.74) is 1.53. The average Bonchev–Trinajstić information content (AvgIpc) is 2.97. The summed E-state index contributed by atoms with van der Waals surface area (Å²) in [6.07, 6.45) is 6.56. The predicted octanol–water partition coefficient (Wildman–Crippen LogP) is 3.53. The number of nitrogens with zero attached hydrogens (tertiary/aromatic N) is 1. The molecular weight excluding hydrogens is 256 g/mol. The Balaban J connectivity index is 1.53. The minimum Gasteiger partial charge on any atom is -0.299 e. The fourth-order valence-corrected chi connectivity index (χ4v) is 3.89. The maximum atomic E-state index is 5.74. The van der Waals surface area contributed by atoms with Crippen LogP contribution < -0.4 is 4.84 Å². The first-order valence-corrected chi connectivity index (χ1v) is 7.90. The van der Waals surface area contributed by atoms with E-state index in [4.69, 9.17) is 11.8 Å². The molecule has 1 saturated heterocycles. The lowest BCUT2D eigenvalue weighted by molar-refractivity contribution is 0.179. The number of hydrogen-bond donors (Lipinski definition) is 1. The first kappa shape index (κ1) is 13.4. The van der Waals surface area contributed by atoms with E-state index in [1.165, 1.54) is 44.2 Å². The van der Waals surface area contributed by atoms with Gasteiger partial charge in [0.2, 0.25) is 0 Å². The Morgan fingerprint density at radius 2 is 1.74 bits per heavy atom. The van der Waals surface area contributed by atoms with Crippen molar-refractivity contribution in [1.29, 1.82) is 0 Å². The van der Waals surface area contributed by atoms with Crippen molar-refractivity contribution in [2.45, 2.75) is 50.1 Å². The van der Waals surface area contributed by atoms with E-state index in [-0.39, 0.29) is 0 Å². The zero-order chi connectivity index (χ0) is 13.1. The van der Waals surface area contributed by atoms with Crippen molar-refractivity contribution in [2.24, 2.45) is 0 Å². The van der Waals surface area contributed by atoms with E-state index in [2.05, 4.69) is 40.1 Å². The van der Waals surface area contributed by atoms with Gasteiger partial charge in [0, 0.05) is 25.2 Å². The van der Waals surface area contributed by atoms with Gasteiger partial charge in [-0.1, -0.05) is 30.3 Å². The lowest BCUT2D eigenvalue weighted by Crippen LogP contribution is -2.37. The lowest BCUT2D eigenvalue weighted by atomic mass is 9.81. The second-order valence-electron chi connectivity index (χ2n) is 6.01. The van der Waals surface area contributed by atoms with Gasteiger partial charge in [-0.15, -0.1) is 0 Å². The van der Waals surface area contributed by atoms with Crippen molar-refractivity contribution >= 4 is 11.8 Å². The topological polar surface area (TPSA) is 15.3 Å². The number of nitrogens with one attached hydrogen (secondary N) is 1. The van der Waals surface area contributed by atoms with E-state index >= 15 is 0 Å². The monoisotopic (exact) mass is 278 g/mol. The zero-order valence-electron chi connectivity index (χ0n) is 11.4. The summed E-state index contributed by atoms with van der Waals surface area (Å²) in [5, 5.41) is 0. The molecule has 0 radical (unpaired) electrons. The Morgan fingerprint density at radius 3 is 2.37 bits per heavy atom. The first-order valence-electron chi connectivity index (χ1n) is 7.52. The third kappa shape index (κ3) is 3.13. The third-order valence-electron chi connectivity index (χ3n) is 4.86. The number of rotatable bonds is 3. The molecule has 0 amide bonds. The Morgan fingerprint density at radius 1 is 1.00 bits per heavy atom. The molecule has 1 saturated carbocycles. The predicted molar refractivity (Wildman–Crippen MR) is 80.4 cm³/mol. The molecule has 1 aromatic carbocycles. The first-order chi connectivity index (χ1) is 9.36. The van der Waals surface area contributed by atoms with Crippen molar-refractivity contribution in [2.75, 3.05) is 13.1 Å². The molecule has 2 nitrogen and oxygen atoms in total. The number of halogens is 1. The third-order valence-corrected chi connectivity index (χ3v) is 5.17. The van der Waals surface area contributed by atoms with Gasteiger partial charge in [0.15, 0.2) is 0 Å². The largest absolute Gasteiger partial charge is 0.299 e. The Bertz CT molecular complexity index is 387. The molecule has 1 aliphatic carbocycles. The van der Waals surface area contributed by atoms with Crippen LogP contribution in [0.4, 0.5) is 0 Å². The maximum absolute atomic E-state index is 5.74. The van der Waals surface area contributed by atoms with Gasteiger partial charge >= 0.3 is 0 Å². The second kappa shape index (κ2) is 6.25. The molecule has 2 fully saturated rings. The Kier molecular flexibility index (Phi) is 4.42. The van der Waals surface area contributed by atoms with Crippen molar-refractivity contribution in [1.82, 2.24) is 9.74 Å². The fourth-order valence-electron chi connectivity index (χ4n) is 3.71. The van der Waals surface area contributed by atoms with Crippen molar-refractivity contribution in [3.63, 3.8) is 0 Å². The maximum Gasteiger partial charge on any atom is 0.0360 e. The summed E-state index contributed by atoms with van der Waals surface area (Å²) in [6.45, 7) is 2.34. The molecule has 1 unspecified atom stereocenters. The smallest absolute Gasteiger partial charge is 0.0360 e. The van der Waals surface area contributed by atoms with Gasteiger partial charge in [-0.05, 0) is 55.4 Å². The highest BCUT2D eigenvalue weighted by atomic mass is 35.5. The van der Waals surface area contributed by atoms with E-state index in [0.717, 1.165) is 18.5 Å². The van der Waals surface area contributed by atoms with Gasteiger partial charge < -0.3 is 0 Å². The van der Waals surface area contributed by atoms with Crippen LogP contribution >= 0.6 is 11.8 Å². The summed E-state index contributed by atoms with van der Waals surface area (Å²) in [7, 11) is 0. The Labute approximate surface area is 121 Å². The van der Waals surface area contributed by atoms with Crippen LogP contribution in [0.5, 0.6) is 0 Å². The van der Waals surface area contributed by atoms with Crippen molar-refractivity contribution < 1.29 is 0 Å². The van der Waals surface area contributed by atoms with Crippen LogP contribution in [0.1, 0.15) is 43.6 Å². The fraction of sp³-hybridized carbons (Fsp3) is 0.625. The van der Waals surface area contributed by atoms with Crippen molar-refractivity contribution in [3.05, 3.63) is 35.9 Å². The zero-order valence-corrected chi connectivity index (χ0v) is 12.1. The molecule has 1 aromatic rings. The molecule has 2 aliphatic rings. The second-order valence-corrected chi connectivity index (χ2v) is 6.22. The Hall–Kier alpha value is -0.570. The quantitative estimate of drug-likeness (QED) is 0.851. The summed E-state index contributed by atoms with van der Waals surface area (Å²) in [4.78, 5) is 5.54. The standard InChI is InChI=1S/C16H23ClN2/c17-18-15-10-11-19(12-15)16-8-6-14(7-9-16)13-4-2-1-3-5-13/h1-5,14-16,18H,6-12H2. The summed E-state index contributed by atoms with van der Waals surface area (Å²) < 4.78 is 0. The lowest BCUT2D eigenvalue weighted by Gasteiger charge is -2.34. The number of benzene rings is 1. The molecule has 0 spiro atoms. The van der Waals surface area contributed by atoms with Gasteiger partial charge in [-0.3, -0.25) is 4.90 Å². The minimum atomic E-state index is 0.494. The van der Waals surface area contributed by atoms with Gasteiger partial charge in [0.25, 0.3) is 0 Å². The van der Waals surface area contributed by atoms with Crippen LogP contribution in [0.3, 0.4) is 0 Å². The average molecular weight is 279 g/mol. The van der Waals surface area contributed by atoms with Crippen LogP contribution in [0, 0.1) is 0 Å². The van der Waals surface area contributed by atoms with Gasteiger partial charge in [-0.2, -0.15) is 0 Å². The van der Waals surface area contributed by atoms with Crippen LogP contribution in [0.15, 0.2) is 30.3 Å². The molecule has 19 heavy (non-hydrogen) atoms. The van der Waals surface area contributed by atoms with E-state index in [0.29, 0.717) is 6.04 Å². The van der Waals surface area contributed by atoms with E-state index in [1.54, 1.807) is 0 Å². The van der Waals surface area contributed by atoms with Crippen molar-refractivity contribution in [3.8, 4) is 0 Å². The summed E-state index contributed by atoms with van der Waals surface area (Å²) in [6, 6.07) is 12.3. The minimum absolute atomic E-state index is 0.494. The summed E-state index contributed by atoms with van der Waals surface area (Å²) >= 11 is 5.74. The van der Waals surface area contributed by atoms with Crippen LogP contribution in [-0.2, 0) is 0 Å². The van der Waals surface area contributed by atoms with Crippen LogP contribution in [0.25, 0.3) is 0 Å². The van der Waals surface area contributed by atoms with Crippen LogP contribution in [-0.4, -0.2) is 30.1 Å². The SMILES string of the molecule is ClNC1CCN(C2CCC(c3ccccc3)CC2)C1. The normalized spacial score (nSPS) is 32.6. The highest BCUT2D eigenvalue weighted by Gasteiger charge is 2.31. The highest BCUT2D eigenvalue weighted by molar-refractivity contribution is 6.13. The van der Waals surface area contributed by atoms with Gasteiger partial charge in [0.1, 0.15) is 0 Å². The molecular formula is C16H23ClN2. The van der Waals surface area contributed by atoms with E-state index < -0.39 is 0 Å². The molecule has 1 heterocycles. The summed E-state index contributed by atoms with van der Waals surface area (Å²) in [5.74, 6) is 0.780. The molecule has 104 valence electrons. The highest BCUT2D eigenvalue weighted by Crippen LogP contribution is 2.35. The van der Waals surface area contributed by atoms with Crippen LogP contribution in [0.2, 0.25) is 0 Å². The number of hydrogen-bond acceptors (Lipinski definition) is 2. The molecule has 0 bridgehead atoms. The molecule has 0 aromatic heterocycles. The molecule has 3 heteroatoms. The molecule has 3 rings (SSSR count). The number of likely N-dealkylation sites (tertiary alicyclic amines) is 1. The van der Waals surface area contributed by atoms with Gasteiger partial charge in [-0.25, -0.2) is 4.84 Å².